The average Bonchev–Trinajstić information content (AvgIpc) is 2.84. The quantitative estimate of drug-likeness (QED) is 0.178. The van der Waals surface area contributed by atoms with Gasteiger partial charge in [-0.2, -0.15) is 0 Å². The SMILES string of the molecule is COc1ccnc(C(=S)C[C@@H](C)C(=O)O[C@@H](C)[C@H](Oc2ccc(Cl)cc2Cl)c2ccccc2)c1O. The molecule has 0 spiro atoms. The standard InChI is InChI=1S/C26H25Cl2NO5S/c1-15(13-22(35)23-24(30)21(32-3)11-12-29-23)26(31)33-16(2)25(17-7-5-4-6-8-17)34-20-10-9-18(27)14-19(20)28/h4-12,14-16,25,30H,13H2,1-3H3/t15-,16+,25+/m1/s1. The van der Waals surface area contributed by atoms with Gasteiger partial charge in [0.2, 0.25) is 0 Å². The van der Waals surface area contributed by atoms with E-state index in [0.29, 0.717) is 20.7 Å². The minimum atomic E-state index is -0.656. The van der Waals surface area contributed by atoms with Crippen molar-refractivity contribution in [3.05, 3.63) is 82.1 Å². The van der Waals surface area contributed by atoms with Gasteiger partial charge in [-0.25, -0.2) is 0 Å². The molecule has 0 saturated heterocycles. The second-order valence-corrected chi connectivity index (χ2v) is 9.24. The molecular weight excluding hydrogens is 509 g/mol. The molecule has 184 valence electrons. The van der Waals surface area contributed by atoms with Crippen molar-refractivity contribution in [3.8, 4) is 17.2 Å². The minimum absolute atomic E-state index is 0.161. The molecular formula is C26H25Cl2NO5S. The van der Waals surface area contributed by atoms with Crippen molar-refractivity contribution < 1.29 is 24.1 Å². The van der Waals surface area contributed by atoms with Crippen molar-refractivity contribution in [2.24, 2.45) is 5.92 Å². The van der Waals surface area contributed by atoms with Crippen LogP contribution >= 0.6 is 35.4 Å². The number of ether oxygens (including phenoxy) is 3. The number of pyridine rings is 1. The predicted octanol–water partition coefficient (Wildman–Crippen LogP) is 6.60. The van der Waals surface area contributed by atoms with Gasteiger partial charge in [0.05, 0.1) is 18.1 Å². The van der Waals surface area contributed by atoms with Crippen LogP contribution in [0.5, 0.6) is 17.2 Å². The fourth-order valence-corrected chi connectivity index (χ4v) is 4.26. The Hall–Kier alpha value is -2.87. The molecule has 2 aromatic carbocycles. The van der Waals surface area contributed by atoms with E-state index in [-0.39, 0.29) is 23.6 Å². The summed E-state index contributed by atoms with van der Waals surface area (Å²) in [5.41, 5.74) is 1.02. The summed E-state index contributed by atoms with van der Waals surface area (Å²) >= 11 is 17.7. The van der Waals surface area contributed by atoms with Gasteiger partial charge in [0.25, 0.3) is 0 Å². The number of halogens is 2. The molecule has 3 aromatic rings. The van der Waals surface area contributed by atoms with Gasteiger partial charge < -0.3 is 19.3 Å². The van der Waals surface area contributed by atoms with Crippen LogP contribution < -0.4 is 9.47 Å². The lowest BCUT2D eigenvalue weighted by Crippen LogP contribution is -2.29. The fourth-order valence-electron chi connectivity index (χ4n) is 3.41. The maximum atomic E-state index is 12.9. The van der Waals surface area contributed by atoms with Gasteiger partial charge in [0, 0.05) is 22.2 Å². The molecule has 3 atom stereocenters. The lowest BCUT2D eigenvalue weighted by Gasteiger charge is -2.27. The largest absolute Gasteiger partial charge is 0.503 e. The first-order valence-electron chi connectivity index (χ1n) is 10.8. The molecule has 3 rings (SSSR count). The van der Waals surface area contributed by atoms with Crippen LogP contribution in [0.15, 0.2) is 60.8 Å². The summed E-state index contributed by atoms with van der Waals surface area (Å²) in [4.78, 5) is 17.4. The number of benzene rings is 2. The second kappa shape index (κ2) is 12.2. The Labute approximate surface area is 219 Å². The van der Waals surface area contributed by atoms with Crippen molar-refractivity contribution >= 4 is 46.3 Å². The van der Waals surface area contributed by atoms with E-state index in [2.05, 4.69) is 4.98 Å². The summed E-state index contributed by atoms with van der Waals surface area (Å²) in [5.74, 6) is -0.542. The van der Waals surface area contributed by atoms with E-state index < -0.39 is 24.1 Å². The first-order chi connectivity index (χ1) is 16.7. The first kappa shape index (κ1) is 26.7. The molecule has 0 amide bonds. The number of carbonyl (C=O) groups is 1. The zero-order valence-corrected chi connectivity index (χ0v) is 21.7. The molecule has 0 aliphatic rings. The number of carbonyl (C=O) groups excluding carboxylic acids is 1. The molecule has 0 aliphatic carbocycles. The van der Waals surface area contributed by atoms with E-state index in [9.17, 15) is 9.90 Å². The lowest BCUT2D eigenvalue weighted by molar-refractivity contribution is -0.157. The van der Waals surface area contributed by atoms with Crippen molar-refractivity contribution in [1.29, 1.82) is 0 Å². The Bertz CT molecular complexity index is 1190. The number of hydrogen-bond donors (Lipinski definition) is 1. The number of methoxy groups -OCH3 is 1. The molecule has 6 nitrogen and oxygen atoms in total. The highest BCUT2D eigenvalue weighted by Crippen LogP contribution is 2.34. The van der Waals surface area contributed by atoms with Gasteiger partial charge >= 0.3 is 5.97 Å². The zero-order valence-electron chi connectivity index (χ0n) is 19.4. The lowest BCUT2D eigenvalue weighted by atomic mass is 10.0. The van der Waals surface area contributed by atoms with Gasteiger partial charge in [-0.1, -0.05) is 72.7 Å². The highest BCUT2D eigenvalue weighted by molar-refractivity contribution is 7.80. The Morgan fingerprint density at radius 1 is 1.09 bits per heavy atom. The van der Waals surface area contributed by atoms with Crippen LogP contribution in [0.1, 0.15) is 37.6 Å². The summed E-state index contributed by atoms with van der Waals surface area (Å²) in [6, 6.07) is 15.9. The molecule has 0 bridgehead atoms. The molecule has 0 saturated carbocycles. The number of nitrogens with zero attached hydrogens (tertiary/aromatic N) is 1. The molecule has 35 heavy (non-hydrogen) atoms. The highest BCUT2D eigenvalue weighted by Gasteiger charge is 2.28. The Morgan fingerprint density at radius 2 is 1.80 bits per heavy atom. The Kier molecular flexibility index (Phi) is 9.32. The third kappa shape index (κ3) is 6.84. The molecule has 9 heteroatoms. The van der Waals surface area contributed by atoms with E-state index in [1.54, 1.807) is 32.0 Å². The van der Waals surface area contributed by atoms with Gasteiger partial charge in [-0.3, -0.25) is 9.78 Å². The molecule has 1 N–H and O–H groups in total. The van der Waals surface area contributed by atoms with Crippen molar-refractivity contribution in [3.63, 3.8) is 0 Å². The summed E-state index contributed by atoms with van der Waals surface area (Å²) < 4.78 is 17.0. The van der Waals surface area contributed by atoms with E-state index in [0.717, 1.165) is 5.56 Å². The third-order valence-corrected chi connectivity index (χ3v) is 6.16. The number of aromatic hydroxyl groups is 1. The van der Waals surface area contributed by atoms with Crippen molar-refractivity contribution in [1.82, 2.24) is 4.98 Å². The zero-order chi connectivity index (χ0) is 25.5. The van der Waals surface area contributed by atoms with Gasteiger partial charge in [-0.15, -0.1) is 0 Å². The van der Waals surface area contributed by atoms with Crippen molar-refractivity contribution in [2.45, 2.75) is 32.5 Å². The molecule has 0 unspecified atom stereocenters. The number of hydrogen-bond acceptors (Lipinski definition) is 7. The maximum absolute atomic E-state index is 12.9. The van der Waals surface area contributed by atoms with Crippen LogP contribution in [-0.4, -0.2) is 34.1 Å². The van der Waals surface area contributed by atoms with Crippen molar-refractivity contribution in [2.75, 3.05) is 7.11 Å². The van der Waals surface area contributed by atoms with Crippen LogP contribution in [0.3, 0.4) is 0 Å². The van der Waals surface area contributed by atoms with Crippen LogP contribution in [0.2, 0.25) is 10.0 Å². The highest BCUT2D eigenvalue weighted by atomic mass is 35.5. The number of rotatable bonds is 10. The van der Waals surface area contributed by atoms with Crippen LogP contribution in [0.4, 0.5) is 0 Å². The second-order valence-electron chi connectivity index (χ2n) is 7.90. The van der Waals surface area contributed by atoms with Crippen LogP contribution in [0.25, 0.3) is 0 Å². The monoisotopic (exact) mass is 533 g/mol. The summed E-state index contributed by atoms with van der Waals surface area (Å²) in [7, 11) is 1.44. The first-order valence-corrected chi connectivity index (χ1v) is 12.0. The molecule has 0 radical (unpaired) electrons. The summed E-state index contributed by atoms with van der Waals surface area (Å²) in [5, 5.41) is 11.1. The van der Waals surface area contributed by atoms with Gasteiger partial charge in [0.15, 0.2) is 17.6 Å². The normalized spacial score (nSPS) is 13.4. The Morgan fingerprint density at radius 3 is 2.46 bits per heavy atom. The topological polar surface area (TPSA) is 77.9 Å². The average molecular weight is 534 g/mol. The number of thiocarbonyl (C=S) groups is 1. The number of esters is 1. The van der Waals surface area contributed by atoms with E-state index in [1.165, 1.54) is 19.4 Å². The van der Waals surface area contributed by atoms with Crippen LogP contribution in [-0.2, 0) is 9.53 Å². The fraction of sp³-hybridized carbons (Fsp3) is 0.269. The van der Waals surface area contributed by atoms with E-state index in [1.807, 2.05) is 30.3 Å². The molecule has 1 heterocycles. The smallest absolute Gasteiger partial charge is 0.309 e. The number of aromatic nitrogens is 1. The molecule has 0 fully saturated rings. The molecule has 0 aliphatic heterocycles. The maximum Gasteiger partial charge on any atom is 0.309 e. The van der Waals surface area contributed by atoms with E-state index >= 15 is 0 Å². The summed E-state index contributed by atoms with van der Waals surface area (Å²) in [6.45, 7) is 3.45. The van der Waals surface area contributed by atoms with E-state index in [4.69, 9.17) is 49.6 Å². The van der Waals surface area contributed by atoms with Crippen LogP contribution in [0, 0.1) is 5.92 Å². The third-order valence-electron chi connectivity index (χ3n) is 5.27. The molecule has 1 aromatic heterocycles. The predicted molar refractivity (Wildman–Crippen MR) is 140 cm³/mol. The van der Waals surface area contributed by atoms with Gasteiger partial charge in [0.1, 0.15) is 17.5 Å². The minimum Gasteiger partial charge on any atom is -0.503 e. The summed E-state index contributed by atoms with van der Waals surface area (Å²) in [6.07, 6.45) is 0.363. The van der Waals surface area contributed by atoms with Gasteiger partial charge in [-0.05, 0) is 37.1 Å². The Balaban J connectivity index is 1.73.